The van der Waals surface area contributed by atoms with Crippen LogP contribution in [0.3, 0.4) is 0 Å². The molecule has 0 saturated carbocycles. The first kappa shape index (κ1) is 16.0. The fourth-order valence-corrected chi connectivity index (χ4v) is 3.58. The van der Waals surface area contributed by atoms with Crippen molar-refractivity contribution in [1.82, 2.24) is 5.01 Å². The Labute approximate surface area is 156 Å². The average molecular weight is 411 g/mol. The summed E-state index contributed by atoms with van der Waals surface area (Å²) in [6.45, 7) is 0. The Bertz CT molecular complexity index is 964. The first-order valence-electron chi connectivity index (χ1n) is 7.43. The lowest BCUT2D eigenvalue weighted by atomic mass is 10.1. The van der Waals surface area contributed by atoms with E-state index in [1.807, 2.05) is 54.6 Å². The second-order valence-corrected chi connectivity index (χ2v) is 7.21. The number of carbonyl (C=O) groups is 1. The van der Waals surface area contributed by atoms with Crippen LogP contribution < -0.4 is 0 Å². The molecule has 1 amide bonds. The van der Waals surface area contributed by atoms with Gasteiger partial charge in [-0.3, -0.25) is 10.2 Å². The summed E-state index contributed by atoms with van der Waals surface area (Å²) < 4.78 is 0.952. The van der Waals surface area contributed by atoms with Crippen molar-refractivity contribution in [3.63, 3.8) is 0 Å². The summed E-state index contributed by atoms with van der Waals surface area (Å²) in [4.78, 5) is 16.5. The molecule has 2 aromatic carbocycles. The molecule has 0 atom stereocenters. The van der Waals surface area contributed by atoms with Crippen molar-refractivity contribution in [3.05, 3.63) is 75.8 Å². The number of nitrogens with zero attached hydrogens (tertiary/aromatic N) is 3. The Hall–Kier alpha value is -2.51. The molecule has 2 aliphatic rings. The molecule has 25 heavy (non-hydrogen) atoms. The first-order chi connectivity index (χ1) is 12.1. The van der Waals surface area contributed by atoms with Crippen molar-refractivity contribution in [2.45, 2.75) is 0 Å². The zero-order chi connectivity index (χ0) is 17.4. The number of halogens is 1. The van der Waals surface area contributed by atoms with Gasteiger partial charge < -0.3 is 0 Å². The van der Waals surface area contributed by atoms with Crippen LogP contribution in [-0.2, 0) is 4.79 Å². The lowest BCUT2D eigenvalue weighted by Gasteiger charge is -2.20. The van der Waals surface area contributed by atoms with Gasteiger partial charge in [0.05, 0.1) is 5.57 Å². The fraction of sp³-hybridized carbons (Fsp3) is 0. The highest BCUT2D eigenvalue weighted by atomic mass is 79.9. The molecule has 0 aromatic heterocycles. The highest BCUT2D eigenvalue weighted by molar-refractivity contribution is 9.10. The molecule has 122 valence electrons. The predicted molar refractivity (Wildman–Crippen MR) is 105 cm³/mol. The van der Waals surface area contributed by atoms with Crippen LogP contribution in [-0.4, -0.2) is 27.0 Å². The fourth-order valence-electron chi connectivity index (χ4n) is 2.42. The van der Waals surface area contributed by atoms with Crippen LogP contribution in [0.2, 0.25) is 0 Å². The Morgan fingerprint density at radius 2 is 1.80 bits per heavy atom. The molecule has 0 saturated heterocycles. The van der Waals surface area contributed by atoms with E-state index in [-0.39, 0.29) is 11.4 Å². The van der Waals surface area contributed by atoms with Gasteiger partial charge >= 0.3 is 0 Å². The number of carbonyl (C=O) groups excluding carboxylic acids is 1. The van der Waals surface area contributed by atoms with E-state index in [4.69, 9.17) is 5.41 Å². The Morgan fingerprint density at radius 3 is 2.52 bits per heavy atom. The lowest BCUT2D eigenvalue weighted by Crippen LogP contribution is -2.35. The first-order valence-corrected chi connectivity index (χ1v) is 9.04. The Morgan fingerprint density at radius 1 is 1.08 bits per heavy atom. The third-order valence-corrected chi connectivity index (χ3v) is 5.14. The van der Waals surface area contributed by atoms with Gasteiger partial charge in [-0.2, -0.15) is 15.1 Å². The van der Waals surface area contributed by atoms with Crippen molar-refractivity contribution >= 4 is 55.7 Å². The molecule has 0 aliphatic carbocycles. The van der Waals surface area contributed by atoms with Gasteiger partial charge in [-0.15, -0.1) is 0 Å². The van der Waals surface area contributed by atoms with Crippen LogP contribution in [0.5, 0.6) is 0 Å². The topological polar surface area (TPSA) is 68.9 Å². The van der Waals surface area contributed by atoms with Gasteiger partial charge in [0.2, 0.25) is 5.17 Å². The minimum atomic E-state index is -0.420. The SMILES string of the molecule is N=C1/C(=C/c2ccc(Br)cc2)C(=O)N=C2SC(c3ccccc3)=NN12. The van der Waals surface area contributed by atoms with E-state index in [0.717, 1.165) is 20.6 Å². The van der Waals surface area contributed by atoms with E-state index in [2.05, 4.69) is 26.0 Å². The molecule has 0 unspecified atom stereocenters. The third kappa shape index (κ3) is 3.08. The maximum absolute atomic E-state index is 12.4. The number of hydrogen-bond donors (Lipinski definition) is 1. The normalized spacial score (nSPS) is 18.3. The van der Waals surface area contributed by atoms with Crippen molar-refractivity contribution in [3.8, 4) is 0 Å². The predicted octanol–water partition coefficient (Wildman–Crippen LogP) is 4.12. The number of nitrogens with one attached hydrogen (secondary N) is 1. The second kappa shape index (κ2) is 6.42. The highest BCUT2D eigenvalue weighted by Gasteiger charge is 2.35. The smallest absolute Gasteiger partial charge is 0.282 e. The monoisotopic (exact) mass is 410 g/mol. The summed E-state index contributed by atoms with van der Waals surface area (Å²) in [6.07, 6.45) is 1.66. The standard InChI is InChI=1S/C18H11BrN4OS/c19-13-8-6-11(7-9-13)10-14-15(20)23-18(21-16(14)24)25-17(22-23)12-4-2-1-3-5-12/h1-10,20H/b14-10-,20-15?. The van der Waals surface area contributed by atoms with E-state index in [9.17, 15) is 4.79 Å². The number of hydrogen-bond acceptors (Lipinski definition) is 4. The molecule has 0 fully saturated rings. The molecule has 2 aliphatic heterocycles. The maximum atomic E-state index is 12.4. The molecular weight excluding hydrogens is 400 g/mol. The number of fused-ring (bicyclic) bond motifs is 1. The van der Waals surface area contributed by atoms with E-state index in [1.165, 1.54) is 16.8 Å². The van der Waals surface area contributed by atoms with Crippen LogP contribution in [0.15, 0.2) is 74.7 Å². The number of aliphatic imine (C=N–C) groups is 1. The summed E-state index contributed by atoms with van der Waals surface area (Å²) >= 11 is 4.68. The number of thioether (sulfide) groups is 1. The van der Waals surface area contributed by atoms with Crippen molar-refractivity contribution < 1.29 is 4.79 Å². The zero-order valence-electron chi connectivity index (χ0n) is 12.8. The van der Waals surface area contributed by atoms with Gasteiger partial charge in [0.15, 0.2) is 5.84 Å². The number of rotatable bonds is 2. The number of hydrazone groups is 1. The van der Waals surface area contributed by atoms with E-state index >= 15 is 0 Å². The highest BCUT2D eigenvalue weighted by Crippen LogP contribution is 2.30. The van der Waals surface area contributed by atoms with Gasteiger partial charge in [0.1, 0.15) is 5.04 Å². The summed E-state index contributed by atoms with van der Waals surface area (Å²) in [5.74, 6) is -0.382. The molecule has 7 heteroatoms. The molecular formula is C18H11BrN4OS. The summed E-state index contributed by atoms with van der Waals surface area (Å²) in [7, 11) is 0. The summed E-state index contributed by atoms with van der Waals surface area (Å²) in [5.41, 5.74) is 1.99. The second-order valence-electron chi connectivity index (χ2n) is 5.34. The summed E-state index contributed by atoms with van der Waals surface area (Å²) in [6, 6.07) is 17.2. The van der Waals surface area contributed by atoms with Gasteiger partial charge in [0, 0.05) is 10.0 Å². The van der Waals surface area contributed by atoms with Crippen LogP contribution >= 0.6 is 27.7 Å². The molecule has 2 heterocycles. The van der Waals surface area contributed by atoms with Crippen molar-refractivity contribution in [1.29, 1.82) is 5.41 Å². The minimum absolute atomic E-state index is 0.0383. The molecule has 2 aromatic rings. The van der Waals surface area contributed by atoms with Crippen LogP contribution in [0.1, 0.15) is 11.1 Å². The lowest BCUT2D eigenvalue weighted by molar-refractivity contribution is -0.114. The Kier molecular flexibility index (Phi) is 4.10. The van der Waals surface area contributed by atoms with Crippen LogP contribution in [0.4, 0.5) is 0 Å². The average Bonchev–Trinajstić information content (AvgIpc) is 3.05. The number of amides is 1. The van der Waals surface area contributed by atoms with Gasteiger partial charge in [0.25, 0.3) is 5.91 Å². The quantitative estimate of drug-likeness (QED) is 0.757. The van der Waals surface area contributed by atoms with Gasteiger partial charge in [-0.05, 0) is 35.5 Å². The van der Waals surface area contributed by atoms with Crippen LogP contribution in [0, 0.1) is 5.41 Å². The van der Waals surface area contributed by atoms with Crippen molar-refractivity contribution in [2.24, 2.45) is 10.1 Å². The molecule has 0 radical (unpaired) electrons. The zero-order valence-corrected chi connectivity index (χ0v) is 15.2. The number of amidine groups is 2. The van der Waals surface area contributed by atoms with E-state index in [1.54, 1.807) is 6.08 Å². The molecule has 0 bridgehead atoms. The number of benzene rings is 2. The van der Waals surface area contributed by atoms with E-state index in [0.29, 0.717) is 5.17 Å². The third-order valence-electron chi connectivity index (χ3n) is 3.66. The summed E-state index contributed by atoms with van der Waals surface area (Å²) in [5, 5.41) is 15.4. The van der Waals surface area contributed by atoms with E-state index < -0.39 is 5.91 Å². The van der Waals surface area contributed by atoms with Gasteiger partial charge in [-0.1, -0.05) is 58.4 Å². The molecule has 0 spiro atoms. The van der Waals surface area contributed by atoms with Gasteiger partial charge in [-0.25, -0.2) is 0 Å². The largest absolute Gasteiger partial charge is 0.283 e. The molecule has 4 rings (SSSR count). The molecule has 5 nitrogen and oxygen atoms in total. The van der Waals surface area contributed by atoms with Crippen molar-refractivity contribution in [2.75, 3.05) is 0 Å². The Balaban J connectivity index is 1.69. The minimum Gasteiger partial charge on any atom is -0.282 e. The molecule has 1 N–H and O–H groups in total. The maximum Gasteiger partial charge on any atom is 0.283 e. The van der Waals surface area contributed by atoms with Crippen LogP contribution in [0.25, 0.3) is 6.08 Å².